The van der Waals surface area contributed by atoms with E-state index in [0.717, 1.165) is 19.4 Å². The fourth-order valence-corrected chi connectivity index (χ4v) is 4.73. The normalized spacial score (nSPS) is 48.8. The molecule has 0 aromatic heterocycles. The average Bonchev–Trinajstić information content (AvgIpc) is 2.92. The van der Waals surface area contributed by atoms with E-state index in [1.165, 1.54) is 12.8 Å². The molecule has 1 saturated heterocycles. The summed E-state index contributed by atoms with van der Waals surface area (Å²) >= 11 is 0. The van der Waals surface area contributed by atoms with Crippen molar-refractivity contribution >= 4 is 5.91 Å². The van der Waals surface area contributed by atoms with E-state index in [1.54, 1.807) is 0 Å². The van der Waals surface area contributed by atoms with Crippen molar-refractivity contribution in [2.45, 2.75) is 44.8 Å². The summed E-state index contributed by atoms with van der Waals surface area (Å²) in [5.74, 6) is 2.96. The van der Waals surface area contributed by atoms with E-state index in [2.05, 4.69) is 11.8 Å². The molecule has 6 atom stereocenters. The largest absolute Gasteiger partial charge is 0.391 e. The van der Waals surface area contributed by atoms with E-state index < -0.39 is 0 Å². The summed E-state index contributed by atoms with van der Waals surface area (Å²) in [4.78, 5) is 14.5. The molecule has 2 bridgehead atoms. The third-order valence-corrected chi connectivity index (χ3v) is 5.85. The number of aliphatic hydroxyl groups excluding tert-OH is 1. The summed E-state index contributed by atoms with van der Waals surface area (Å²) in [6.45, 7) is 3.01. The fourth-order valence-electron chi connectivity index (χ4n) is 4.73. The van der Waals surface area contributed by atoms with Gasteiger partial charge in [0.05, 0.1) is 12.1 Å². The molecule has 6 unspecified atom stereocenters. The Hall–Kier alpha value is -0.570. The van der Waals surface area contributed by atoms with Crippen LogP contribution in [0.3, 0.4) is 0 Å². The Balaban J connectivity index is 1.57. The Morgan fingerprint density at radius 1 is 1.29 bits per heavy atom. The lowest BCUT2D eigenvalue weighted by atomic mass is 9.88. The zero-order chi connectivity index (χ0) is 11.7. The Labute approximate surface area is 102 Å². The van der Waals surface area contributed by atoms with Gasteiger partial charge in [-0.2, -0.15) is 0 Å². The van der Waals surface area contributed by atoms with Crippen molar-refractivity contribution in [3.8, 4) is 0 Å². The van der Waals surface area contributed by atoms with Gasteiger partial charge in [-0.3, -0.25) is 4.79 Å². The Bertz CT molecular complexity index is 363. The molecule has 1 amide bonds. The summed E-state index contributed by atoms with van der Waals surface area (Å²) < 4.78 is 0. The molecule has 0 aromatic carbocycles. The second-order valence-corrected chi connectivity index (χ2v) is 6.75. The Morgan fingerprint density at radius 2 is 2.06 bits per heavy atom. The van der Waals surface area contributed by atoms with Crippen molar-refractivity contribution in [1.82, 2.24) is 4.90 Å². The second-order valence-electron chi connectivity index (χ2n) is 6.75. The van der Waals surface area contributed by atoms with Crippen LogP contribution in [0.15, 0.2) is 0 Å². The van der Waals surface area contributed by atoms with E-state index in [4.69, 9.17) is 0 Å². The average molecular weight is 235 g/mol. The van der Waals surface area contributed by atoms with E-state index >= 15 is 0 Å². The quantitative estimate of drug-likeness (QED) is 0.783. The van der Waals surface area contributed by atoms with Crippen LogP contribution in [0.1, 0.15) is 32.6 Å². The van der Waals surface area contributed by atoms with Crippen LogP contribution >= 0.6 is 0 Å². The number of hydrogen-bond acceptors (Lipinski definition) is 2. The monoisotopic (exact) mass is 235 g/mol. The Kier molecular flexibility index (Phi) is 1.98. The maximum Gasteiger partial charge on any atom is 0.226 e. The second kappa shape index (κ2) is 3.25. The lowest BCUT2D eigenvalue weighted by Gasteiger charge is -2.30. The van der Waals surface area contributed by atoms with Crippen LogP contribution in [-0.2, 0) is 4.79 Å². The maximum absolute atomic E-state index is 12.5. The van der Waals surface area contributed by atoms with Crippen LogP contribution in [0.2, 0.25) is 0 Å². The van der Waals surface area contributed by atoms with Gasteiger partial charge in [-0.15, -0.1) is 0 Å². The number of aliphatic hydroxyl groups is 1. The number of fused-ring (bicyclic) bond motifs is 1. The van der Waals surface area contributed by atoms with Gasteiger partial charge in [0, 0.05) is 12.5 Å². The number of carbonyl (C=O) groups is 1. The molecule has 0 spiro atoms. The lowest BCUT2D eigenvalue weighted by Crippen LogP contribution is -2.46. The van der Waals surface area contributed by atoms with Gasteiger partial charge < -0.3 is 10.0 Å². The van der Waals surface area contributed by atoms with E-state index in [-0.39, 0.29) is 18.1 Å². The van der Waals surface area contributed by atoms with Crippen LogP contribution in [0.5, 0.6) is 0 Å². The number of rotatable bonds is 2. The molecule has 0 aromatic rings. The topological polar surface area (TPSA) is 40.5 Å². The number of nitrogens with zero attached hydrogens (tertiary/aromatic N) is 1. The molecule has 3 nitrogen and oxygen atoms in total. The zero-order valence-corrected chi connectivity index (χ0v) is 10.4. The van der Waals surface area contributed by atoms with Gasteiger partial charge in [-0.05, 0) is 49.4 Å². The fraction of sp³-hybridized carbons (Fsp3) is 0.929. The summed E-state index contributed by atoms with van der Waals surface area (Å²) in [6, 6.07) is 0.174. The van der Waals surface area contributed by atoms with Gasteiger partial charge in [0.2, 0.25) is 5.91 Å². The SMILES string of the molecule is CC(C(=O)N1CC2CC3CC2C1C3O)C1CC1. The molecule has 1 heterocycles. The highest BCUT2D eigenvalue weighted by atomic mass is 16.3. The van der Waals surface area contributed by atoms with Crippen molar-refractivity contribution in [3.05, 3.63) is 0 Å². The molecule has 3 saturated carbocycles. The molecule has 17 heavy (non-hydrogen) atoms. The van der Waals surface area contributed by atoms with E-state index in [0.29, 0.717) is 29.6 Å². The standard InChI is InChI=1S/C14H21NO2/c1-7(8-2-3-8)14(17)15-6-10-4-9-5-11(10)12(15)13(9)16/h7-13,16H,2-6H2,1H3. The minimum atomic E-state index is -0.228. The molecule has 3 aliphatic carbocycles. The van der Waals surface area contributed by atoms with Crippen LogP contribution in [0.4, 0.5) is 0 Å². The van der Waals surface area contributed by atoms with Gasteiger partial charge in [0.25, 0.3) is 0 Å². The number of hydrogen-bond donors (Lipinski definition) is 1. The summed E-state index contributed by atoms with van der Waals surface area (Å²) in [5, 5.41) is 10.3. The first-order valence-electron chi connectivity index (χ1n) is 7.15. The lowest BCUT2D eigenvalue weighted by molar-refractivity contribution is -0.138. The van der Waals surface area contributed by atoms with Gasteiger partial charge >= 0.3 is 0 Å². The molecule has 4 fully saturated rings. The molecule has 94 valence electrons. The third kappa shape index (κ3) is 1.29. The molecule has 4 aliphatic rings. The summed E-state index contributed by atoms with van der Waals surface area (Å²) in [7, 11) is 0. The smallest absolute Gasteiger partial charge is 0.226 e. The van der Waals surface area contributed by atoms with Crippen LogP contribution < -0.4 is 0 Å². The predicted molar refractivity (Wildman–Crippen MR) is 63.1 cm³/mol. The molecule has 4 rings (SSSR count). The zero-order valence-electron chi connectivity index (χ0n) is 10.4. The van der Waals surface area contributed by atoms with Gasteiger partial charge in [0.1, 0.15) is 0 Å². The Morgan fingerprint density at radius 3 is 2.71 bits per heavy atom. The maximum atomic E-state index is 12.5. The first-order valence-corrected chi connectivity index (χ1v) is 7.15. The summed E-state index contributed by atoms with van der Waals surface area (Å²) in [6.07, 6.45) is 4.55. The van der Waals surface area contributed by atoms with Crippen molar-refractivity contribution in [2.24, 2.45) is 29.6 Å². The first kappa shape index (κ1) is 10.4. The van der Waals surface area contributed by atoms with Gasteiger partial charge in [0.15, 0.2) is 0 Å². The number of amides is 1. The molecule has 3 heteroatoms. The number of likely N-dealkylation sites (tertiary alicyclic amines) is 1. The summed E-state index contributed by atoms with van der Waals surface area (Å²) in [5.41, 5.74) is 0. The highest BCUT2D eigenvalue weighted by Crippen LogP contribution is 2.55. The highest BCUT2D eigenvalue weighted by molar-refractivity contribution is 5.80. The van der Waals surface area contributed by atoms with Gasteiger partial charge in [-0.1, -0.05) is 6.92 Å². The predicted octanol–water partition coefficient (Wildman–Crippen LogP) is 1.26. The van der Waals surface area contributed by atoms with Crippen LogP contribution in [0, 0.1) is 29.6 Å². The highest BCUT2D eigenvalue weighted by Gasteiger charge is 2.60. The third-order valence-electron chi connectivity index (χ3n) is 5.85. The molecule has 1 N–H and O–H groups in total. The van der Waals surface area contributed by atoms with E-state index in [9.17, 15) is 9.90 Å². The first-order chi connectivity index (χ1) is 8.16. The minimum Gasteiger partial charge on any atom is -0.391 e. The van der Waals surface area contributed by atoms with Crippen LogP contribution in [0.25, 0.3) is 0 Å². The van der Waals surface area contributed by atoms with E-state index in [1.807, 2.05) is 0 Å². The van der Waals surface area contributed by atoms with Crippen molar-refractivity contribution in [3.63, 3.8) is 0 Å². The number of carbonyl (C=O) groups excluding carboxylic acids is 1. The van der Waals surface area contributed by atoms with Crippen LogP contribution in [-0.4, -0.2) is 34.6 Å². The minimum absolute atomic E-state index is 0.174. The van der Waals surface area contributed by atoms with Crippen molar-refractivity contribution in [1.29, 1.82) is 0 Å². The molecular formula is C14H21NO2. The van der Waals surface area contributed by atoms with Crippen molar-refractivity contribution < 1.29 is 9.90 Å². The van der Waals surface area contributed by atoms with Gasteiger partial charge in [-0.25, -0.2) is 0 Å². The molecule has 0 radical (unpaired) electrons. The molecular weight excluding hydrogens is 214 g/mol. The molecule has 1 aliphatic heterocycles. The van der Waals surface area contributed by atoms with Crippen molar-refractivity contribution in [2.75, 3.05) is 6.54 Å².